The van der Waals surface area contributed by atoms with Crippen molar-refractivity contribution in [3.05, 3.63) is 52.3 Å². The SMILES string of the molecule is Nc1nc(Cl)cc(N2CCOC(C3=NC=C(c4ccccc4Cl)C3)C2)n1. The minimum absolute atomic E-state index is 0.116. The van der Waals surface area contributed by atoms with Gasteiger partial charge < -0.3 is 15.4 Å². The van der Waals surface area contributed by atoms with Gasteiger partial charge in [0.15, 0.2) is 0 Å². The van der Waals surface area contributed by atoms with Gasteiger partial charge in [0.1, 0.15) is 17.1 Å². The van der Waals surface area contributed by atoms with Crippen LogP contribution in [0.15, 0.2) is 41.5 Å². The Balaban J connectivity index is 1.47. The van der Waals surface area contributed by atoms with E-state index < -0.39 is 0 Å². The third-order valence-electron chi connectivity index (χ3n) is 4.44. The van der Waals surface area contributed by atoms with Crippen molar-refractivity contribution in [3.8, 4) is 0 Å². The number of hydrogen-bond acceptors (Lipinski definition) is 6. The molecule has 0 aliphatic carbocycles. The lowest BCUT2D eigenvalue weighted by Gasteiger charge is -2.34. The van der Waals surface area contributed by atoms with Crippen molar-refractivity contribution in [2.75, 3.05) is 30.3 Å². The molecule has 0 saturated carbocycles. The molecule has 2 aromatic rings. The number of anilines is 2. The largest absolute Gasteiger partial charge is 0.369 e. The Hall–Kier alpha value is -2.15. The molecule has 1 aromatic carbocycles. The molecule has 3 heterocycles. The second-order valence-electron chi connectivity index (χ2n) is 6.14. The fourth-order valence-electron chi connectivity index (χ4n) is 3.17. The zero-order valence-corrected chi connectivity index (χ0v) is 15.4. The Morgan fingerprint density at radius 1 is 1.19 bits per heavy atom. The van der Waals surface area contributed by atoms with Crippen LogP contribution in [0.25, 0.3) is 5.57 Å². The van der Waals surface area contributed by atoms with Crippen LogP contribution in [0.4, 0.5) is 11.8 Å². The molecule has 1 saturated heterocycles. The van der Waals surface area contributed by atoms with Crippen LogP contribution in [0.5, 0.6) is 0 Å². The number of rotatable bonds is 3. The highest BCUT2D eigenvalue weighted by Gasteiger charge is 2.28. The van der Waals surface area contributed by atoms with E-state index in [0.29, 0.717) is 30.7 Å². The fraction of sp³-hybridized carbons (Fsp3) is 0.278. The summed E-state index contributed by atoms with van der Waals surface area (Å²) >= 11 is 12.3. The van der Waals surface area contributed by atoms with Crippen LogP contribution in [0.2, 0.25) is 10.2 Å². The number of aliphatic imine (C=N–C) groups is 1. The third-order valence-corrected chi connectivity index (χ3v) is 4.96. The van der Waals surface area contributed by atoms with E-state index in [-0.39, 0.29) is 12.1 Å². The summed E-state index contributed by atoms with van der Waals surface area (Å²) in [4.78, 5) is 14.9. The molecule has 0 bridgehead atoms. The number of ether oxygens (including phenoxy) is 1. The summed E-state index contributed by atoms with van der Waals surface area (Å²) in [6, 6.07) is 9.50. The molecule has 2 aliphatic rings. The number of nitrogen functional groups attached to an aromatic ring is 1. The Kier molecular flexibility index (Phi) is 4.80. The van der Waals surface area contributed by atoms with Crippen LogP contribution >= 0.6 is 23.2 Å². The van der Waals surface area contributed by atoms with Crippen molar-refractivity contribution in [1.82, 2.24) is 9.97 Å². The summed E-state index contributed by atoms with van der Waals surface area (Å²) in [7, 11) is 0. The van der Waals surface area contributed by atoms with E-state index in [0.717, 1.165) is 28.3 Å². The summed E-state index contributed by atoms with van der Waals surface area (Å²) in [5, 5.41) is 1.06. The average Bonchev–Trinajstić information content (AvgIpc) is 3.11. The first-order chi connectivity index (χ1) is 12.6. The molecule has 8 heteroatoms. The molecule has 0 radical (unpaired) electrons. The van der Waals surface area contributed by atoms with Gasteiger partial charge in [0.05, 0.1) is 18.9 Å². The fourth-order valence-corrected chi connectivity index (χ4v) is 3.62. The predicted molar refractivity (Wildman–Crippen MR) is 105 cm³/mol. The first-order valence-electron chi connectivity index (χ1n) is 8.27. The van der Waals surface area contributed by atoms with Gasteiger partial charge in [0.25, 0.3) is 0 Å². The molecule has 2 aliphatic heterocycles. The first-order valence-corrected chi connectivity index (χ1v) is 9.03. The molecule has 134 valence electrons. The number of benzene rings is 1. The molecular weight excluding hydrogens is 373 g/mol. The molecule has 6 nitrogen and oxygen atoms in total. The average molecular weight is 390 g/mol. The number of nitrogens with zero attached hydrogens (tertiary/aromatic N) is 4. The number of allylic oxidation sites excluding steroid dienone is 1. The summed E-state index contributed by atoms with van der Waals surface area (Å²) in [6.45, 7) is 1.92. The van der Waals surface area contributed by atoms with Gasteiger partial charge in [-0.05, 0) is 17.2 Å². The highest BCUT2D eigenvalue weighted by atomic mass is 35.5. The van der Waals surface area contributed by atoms with Crippen LogP contribution in [-0.2, 0) is 4.74 Å². The highest BCUT2D eigenvalue weighted by Crippen LogP contribution is 2.31. The van der Waals surface area contributed by atoms with E-state index in [4.69, 9.17) is 33.7 Å². The standard InChI is InChI=1S/C18H17Cl2N5O/c19-13-4-2-1-3-12(13)11-7-14(22-9-11)15-10-25(5-6-26-15)17-8-16(20)23-18(21)24-17/h1-4,8-9,15H,5-7,10H2,(H2,21,23,24). The van der Waals surface area contributed by atoms with Gasteiger partial charge in [-0.2, -0.15) is 4.98 Å². The van der Waals surface area contributed by atoms with Gasteiger partial charge in [0.2, 0.25) is 5.95 Å². The highest BCUT2D eigenvalue weighted by molar-refractivity contribution is 6.32. The summed E-state index contributed by atoms with van der Waals surface area (Å²) in [6.07, 6.45) is 2.47. The second kappa shape index (κ2) is 7.23. The van der Waals surface area contributed by atoms with Gasteiger partial charge in [-0.3, -0.25) is 4.99 Å². The molecule has 2 N–H and O–H groups in total. The number of halogens is 2. The molecular formula is C18H17Cl2N5O. The monoisotopic (exact) mass is 389 g/mol. The number of nitrogens with two attached hydrogens (primary N) is 1. The summed E-state index contributed by atoms with van der Waals surface area (Å²) in [5.74, 6) is 0.866. The molecule has 1 fully saturated rings. The number of morpholine rings is 1. The van der Waals surface area contributed by atoms with Crippen molar-refractivity contribution in [3.63, 3.8) is 0 Å². The maximum atomic E-state index is 6.30. The van der Waals surface area contributed by atoms with Crippen LogP contribution in [0, 0.1) is 0 Å². The van der Waals surface area contributed by atoms with Crippen molar-refractivity contribution < 1.29 is 4.74 Å². The van der Waals surface area contributed by atoms with E-state index in [1.807, 2.05) is 30.5 Å². The molecule has 1 aromatic heterocycles. The minimum Gasteiger partial charge on any atom is -0.369 e. The van der Waals surface area contributed by atoms with Crippen LogP contribution in [-0.4, -0.2) is 41.5 Å². The van der Waals surface area contributed by atoms with Gasteiger partial charge >= 0.3 is 0 Å². The van der Waals surface area contributed by atoms with Gasteiger partial charge in [-0.25, -0.2) is 4.98 Å². The third kappa shape index (κ3) is 3.53. The van der Waals surface area contributed by atoms with E-state index in [1.54, 1.807) is 6.07 Å². The van der Waals surface area contributed by atoms with E-state index in [1.165, 1.54) is 0 Å². The normalized spacial score (nSPS) is 20.1. The van der Waals surface area contributed by atoms with E-state index in [9.17, 15) is 0 Å². The zero-order valence-electron chi connectivity index (χ0n) is 13.9. The maximum absolute atomic E-state index is 6.30. The summed E-state index contributed by atoms with van der Waals surface area (Å²) < 4.78 is 5.94. The molecule has 4 rings (SSSR count). The zero-order chi connectivity index (χ0) is 18.1. The first kappa shape index (κ1) is 17.3. The lowest BCUT2D eigenvalue weighted by molar-refractivity contribution is 0.0829. The second-order valence-corrected chi connectivity index (χ2v) is 6.94. The minimum atomic E-state index is -0.116. The van der Waals surface area contributed by atoms with Crippen molar-refractivity contribution in [2.24, 2.45) is 4.99 Å². The molecule has 0 amide bonds. The van der Waals surface area contributed by atoms with Crippen molar-refractivity contribution in [1.29, 1.82) is 0 Å². The maximum Gasteiger partial charge on any atom is 0.223 e. The van der Waals surface area contributed by atoms with Crippen LogP contribution in [0.3, 0.4) is 0 Å². The van der Waals surface area contributed by atoms with Crippen LogP contribution < -0.4 is 10.6 Å². The Labute approximate surface area is 161 Å². The molecule has 26 heavy (non-hydrogen) atoms. The van der Waals surface area contributed by atoms with E-state index >= 15 is 0 Å². The Bertz CT molecular complexity index is 879. The van der Waals surface area contributed by atoms with Crippen LogP contribution in [0.1, 0.15) is 12.0 Å². The van der Waals surface area contributed by atoms with Crippen molar-refractivity contribution in [2.45, 2.75) is 12.5 Å². The number of hydrogen-bond donors (Lipinski definition) is 1. The lowest BCUT2D eigenvalue weighted by atomic mass is 10.00. The molecule has 0 spiro atoms. The Morgan fingerprint density at radius 2 is 2.04 bits per heavy atom. The summed E-state index contributed by atoms with van der Waals surface area (Å²) in [5.41, 5.74) is 8.80. The lowest BCUT2D eigenvalue weighted by Crippen LogP contribution is -2.46. The molecule has 1 unspecified atom stereocenters. The predicted octanol–water partition coefficient (Wildman–Crippen LogP) is 3.46. The van der Waals surface area contributed by atoms with Gasteiger partial charge in [-0.15, -0.1) is 0 Å². The molecule has 1 atom stereocenters. The quantitative estimate of drug-likeness (QED) is 0.813. The topological polar surface area (TPSA) is 76.6 Å². The number of aromatic nitrogens is 2. The van der Waals surface area contributed by atoms with E-state index in [2.05, 4.69) is 19.9 Å². The Morgan fingerprint density at radius 3 is 2.85 bits per heavy atom. The van der Waals surface area contributed by atoms with Crippen molar-refractivity contribution >= 4 is 46.3 Å². The van der Waals surface area contributed by atoms with Gasteiger partial charge in [0, 0.05) is 30.3 Å². The van der Waals surface area contributed by atoms with Gasteiger partial charge in [-0.1, -0.05) is 41.4 Å². The smallest absolute Gasteiger partial charge is 0.223 e.